The molecule has 0 aliphatic rings. The lowest BCUT2D eigenvalue weighted by molar-refractivity contribution is 0.401. The van der Waals surface area contributed by atoms with E-state index in [-0.39, 0.29) is 11.1 Å². The van der Waals surface area contributed by atoms with E-state index in [1.807, 2.05) is 0 Å². The molecule has 1 atom stereocenters. The van der Waals surface area contributed by atoms with E-state index in [9.17, 15) is 4.39 Å². The van der Waals surface area contributed by atoms with Gasteiger partial charge in [-0.2, -0.15) is 0 Å². The molecule has 0 bridgehead atoms. The molecule has 5 heteroatoms. The minimum absolute atomic E-state index is 0.0922. The first kappa shape index (κ1) is 13.8. The molecule has 3 nitrogen and oxygen atoms in total. The second kappa shape index (κ2) is 5.99. The Kier molecular flexibility index (Phi) is 4.35. The highest BCUT2D eigenvalue weighted by atomic mass is 35.5. The Morgan fingerprint density at radius 2 is 2.11 bits per heavy atom. The van der Waals surface area contributed by atoms with Crippen LogP contribution in [-0.2, 0) is 0 Å². The molecule has 1 aromatic heterocycles. The number of benzene rings is 1. The number of ether oxygens (including phenoxy) is 1. The second-order valence-corrected chi connectivity index (χ2v) is 4.33. The lowest BCUT2D eigenvalue weighted by Crippen LogP contribution is -2.20. The molecular weight excluding hydrogens is 267 g/mol. The average molecular weight is 281 g/mol. The third kappa shape index (κ3) is 2.69. The summed E-state index contributed by atoms with van der Waals surface area (Å²) in [5.41, 5.74) is 1.29. The molecule has 0 amide bonds. The van der Waals surface area contributed by atoms with Gasteiger partial charge in [0.1, 0.15) is 17.3 Å². The van der Waals surface area contributed by atoms with Crippen molar-refractivity contribution in [1.82, 2.24) is 10.3 Å². The highest BCUT2D eigenvalue weighted by Crippen LogP contribution is 2.32. The van der Waals surface area contributed by atoms with Gasteiger partial charge in [0.15, 0.2) is 0 Å². The zero-order chi connectivity index (χ0) is 13.8. The van der Waals surface area contributed by atoms with Gasteiger partial charge in [-0.3, -0.25) is 4.98 Å². The minimum Gasteiger partial charge on any atom is -0.495 e. The van der Waals surface area contributed by atoms with Crippen LogP contribution in [0.25, 0.3) is 0 Å². The van der Waals surface area contributed by atoms with E-state index in [2.05, 4.69) is 10.3 Å². The van der Waals surface area contributed by atoms with Gasteiger partial charge in [0, 0.05) is 6.20 Å². The van der Waals surface area contributed by atoms with Crippen LogP contribution in [0.2, 0.25) is 5.02 Å². The van der Waals surface area contributed by atoms with E-state index >= 15 is 0 Å². The van der Waals surface area contributed by atoms with Gasteiger partial charge in [0.25, 0.3) is 0 Å². The van der Waals surface area contributed by atoms with Gasteiger partial charge in [-0.1, -0.05) is 23.7 Å². The van der Waals surface area contributed by atoms with Crippen molar-refractivity contribution in [2.45, 2.75) is 6.04 Å². The Morgan fingerprint density at radius 3 is 2.79 bits per heavy atom. The van der Waals surface area contributed by atoms with E-state index < -0.39 is 5.82 Å². The predicted octanol–water partition coefficient (Wildman–Crippen LogP) is 3.19. The first-order chi connectivity index (χ1) is 9.19. The van der Waals surface area contributed by atoms with E-state index in [0.717, 1.165) is 0 Å². The molecule has 0 saturated heterocycles. The van der Waals surface area contributed by atoms with Crippen LogP contribution in [0.3, 0.4) is 0 Å². The highest BCUT2D eigenvalue weighted by molar-refractivity contribution is 6.31. The largest absolute Gasteiger partial charge is 0.495 e. The van der Waals surface area contributed by atoms with Crippen molar-refractivity contribution < 1.29 is 9.13 Å². The zero-order valence-electron chi connectivity index (χ0n) is 10.7. The molecule has 1 heterocycles. The first-order valence-electron chi connectivity index (χ1n) is 5.79. The number of hydrogen-bond donors (Lipinski definition) is 1. The van der Waals surface area contributed by atoms with E-state index in [0.29, 0.717) is 17.0 Å². The third-order valence-corrected chi connectivity index (χ3v) is 3.27. The summed E-state index contributed by atoms with van der Waals surface area (Å²) in [4.78, 5) is 4.30. The number of nitrogens with one attached hydrogen (secondary N) is 1. The zero-order valence-corrected chi connectivity index (χ0v) is 11.4. The smallest absolute Gasteiger partial charge is 0.142 e. The molecule has 0 spiro atoms. The molecule has 0 radical (unpaired) electrons. The lowest BCUT2D eigenvalue weighted by atomic mass is 10.0. The Bertz CT molecular complexity index is 577. The number of nitrogens with zero attached hydrogens (tertiary/aromatic N) is 1. The highest BCUT2D eigenvalue weighted by Gasteiger charge is 2.21. The molecule has 1 unspecified atom stereocenters. The van der Waals surface area contributed by atoms with Gasteiger partial charge in [0.05, 0.1) is 18.2 Å². The molecule has 1 N–H and O–H groups in total. The van der Waals surface area contributed by atoms with Gasteiger partial charge in [0.2, 0.25) is 0 Å². The number of pyridine rings is 1. The molecule has 100 valence electrons. The van der Waals surface area contributed by atoms with E-state index in [1.165, 1.54) is 6.07 Å². The predicted molar refractivity (Wildman–Crippen MR) is 73.1 cm³/mol. The van der Waals surface area contributed by atoms with E-state index in [1.54, 1.807) is 44.6 Å². The van der Waals surface area contributed by atoms with Gasteiger partial charge < -0.3 is 10.1 Å². The van der Waals surface area contributed by atoms with Crippen molar-refractivity contribution in [3.8, 4) is 5.75 Å². The van der Waals surface area contributed by atoms with Crippen LogP contribution >= 0.6 is 11.6 Å². The molecule has 0 saturated carbocycles. The topological polar surface area (TPSA) is 34.2 Å². The molecule has 2 aromatic rings. The van der Waals surface area contributed by atoms with E-state index in [4.69, 9.17) is 16.3 Å². The van der Waals surface area contributed by atoms with Crippen LogP contribution in [0, 0.1) is 5.82 Å². The monoisotopic (exact) mass is 280 g/mol. The van der Waals surface area contributed by atoms with Gasteiger partial charge in [-0.15, -0.1) is 0 Å². The second-order valence-electron chi connectivity index (χ2n) is 3.96. The molecule has 0 aliphatic heterocycles. The Hall–Kier alpha value is -1.65. The standard InChI is InChI=1S/C14H14ClFN2O/c1-17-13(9-5-3-6-10(16)12(9)15)14-11(19-2)7-4-8-18-14/h3-8,13,17H,1-2H3. The summed E-state index contributed by atoms with van der Waals surface area (Å²) in [6, 6.07) is 7.96. The van der Waals surface area contributed by atoms with Crippen LogP contribution in [0.5, 0.6) is 5.75 Å². The van der Waals surface area contributed by atoms with Gasteiger partial charge in [-0.05, 0) is 30.8 Å². The van der Waals surface area contributed by atoms with Gasteiger partial charge >= 0.3 is 0 Å². The number of rotatable bonds is 4. The summed E-state index contributed by atoms with van der Waals surface area (Å²) >= 11 is 6.03. The van der Waals surface area contributed by atoms with Crippen LogP contribution in [0.15, 0.2) is 36.5 Å². The maximum absolute atomic E-state index is 13.6. The molecule has 1 aromatic carbocycles. The number of aromatic nitrogens is 1. The fraction of sp³-hybridized carbons (Fsp3) is 0.214. The van der Waals surface area contributed by atoms with Crippen LogP contribution < -0.4 is 10.1 Å². The lowest BCUT2D eigenvalue weighted by Gasteiger charge is -2.19. The quantitative estimate of drug-likeness (QED) is 0.934. The van der Waals surface area contributed by atoms with Crippen molar-refractivity contribution in [1.29, 1.82) is 0 Å². The van der Waals surface area contributed by atoms with Gasteiger partial charge in [-0.25, -0.2) is 4.39 Å². The van der Waals surface area contributed by atoms with Crippen molar-refractivity contribution in [3.63, 3.8) is 0 Å². The third-order valence-electron chi connectivity index (χ3n) is 2.87. The normalized spacial score (nSPS) is 12.2. The van der Waals surface area contributed by atoms with Crippen LogP contribution in [0.4, 0.5) is 4.39 Å². The van der Waals surface area contributed by atoms with Crippen molar-refractivity contribution in [3.05, 3.63) is 58.6 Å². The molecule has 0 fully saturated rings. The molecular formula is C14H14ClFN2O. The Morgan fingerprint density at radius 1 is 1.32 bits per heavy atom. The maximum atomic E-state index is 13.6. The minimum atomic E-state index is -0.450. The Labute approximate surface area is 116 Å². The number of methoxy groups -OCH3 is 1. The summed E-state index contributed by atoms with van der Waals surface area (Å²) < 4.78 is 18.8. The fourth-order valence-electron chi connectivity index (χ4n) is 1.98. The average Bonchev–Trinajstić information content (AvgIpc) is 2.45. The molecule has 19 heavy (non-hydrogen) atoms. The first-order valence-corrected chi connectivity index (χ1v) is 6.17. The maximum Gasteiger partial charge on any atom is 0.142 e. The molecule has 2 rings (SSSR count). The fourth-order valence-corrected chi connectivity index (χ4v) is 2.21. The Balaban J connectivity index is 2.53. The van der Waals surface area contributed by atoms with Crippen LogP contribution in [0.1, 0.15) is 17.3 Å². The van der Waals surface area contributed by atoms with Crippen molar-refractivity contribution in [2.75, 3.05) is 14.2 Å². The summed E-state index contributed by atoms with van der Waals surface area (Å²) in [6.07, 6.45) is 1.66. The summed E-state index contributed by atoms with van der Waals surface area (Å²) in [5.74, 6) is 0.177. The molecule has 0 aliphatic carbocycles. The van der Waals surface area contributed by atoms with Crippen molar-refractivity contribution >= 4 is 11.6 Å². The SMILES string of the molecule is CNC(c1cccc(F)c1Cl)c1ncccc1OC. The summed E-state index contributed by atoms with van der Waals surface area (Å²) in [6.45, 7) is 0. The summed E-state index contributed by atoms with van der Waals surface area (Å²) in [5, 5.41) is 3.18. The van der Waals surface area contributed by atoms with Crippen LogP contribution in [-0.4, -0.2) is 19.1 Å². The number of halogens is 2. The van der Waals surface area contributed by atoms with Crippen molar-refractivity contribution in [2.24, 2.45) is 0 Å². The number of hydrogen-bond acceptors (Lipinski definition) is 3. The summed E-state index contributed by atoms with van der Waals surface area (Å²) in [7, 11) is 3.33.